The topological polar surface area (TPSA) is 86.3 Å². The zero-order valence-electron chi connectivity index (χ0n) is 13.9. The molecule has 2 aromatic carbocycles. The molecule has 0 bridgehead atoms. The minimum absolute atomic E-state index is 0.232. The second kappa shape index (κ2) is 7.51. The van der Waals surface area contributed by atoms with E-state index in [1.54, 1.807) is 18.2 Å². The smallest absolute Gasteiger partial charge is 0.149 e. The molecule has 3 aromatic rings. The Kier molecular flexibility index (Phi) is 4.93. The number of nitrogens with zero attached hydrogens (tertiary/aromatic N) is 3. The van der Waals surface area contributed by atoms with Crippen molar-refractivity contribution in [3.8, 4) is 11.1 Å². The standard InChI is InChI=1S/C17H14Cl2FN7/c18-11-3-1-9(7-12(11)19)10-2-4-13(20)16-15(10)17(23-8-22-16)21-6-5-14-24-26-27-25-14/h1-4,7-8,26-27H,5-6H2,(H,24,25)(H,21,22,23). The first-order valence-corrected chi connectivity index (χ1v) is 8.84. The molecule has 0 amide bonds. The molecule has 1 aliphatic heterocycles. The van der Waals surface area contributed by atoms with Gasteiger partial charge in [-0.15, -0.1) is 10.6 Å². The third kappa shape index (κ3) is 3.59. The highest BCUT2D eigenvalue weighted by Crippen LogP contribution is 2.35. The number of amidine groups is 1. The fourth-order valence-electron chi connectivity index (χ4n) is 2.82. The third-order valence-electron chi connectivity index (χ3n) is 4.08. The first-order chi connectivity index (χ1) is 13.1. The van der Waals surface area contributed by atoms with Gasteiger partial charge in [0.05, 0.1) is 15.4 Å². The van der Waals surface area contributed by atoms with E-state index in [1.165, 1.54) is 12.4 Å². The number of hydrogen-bond acceptors (Lipinski definition) is 7. The van der Waals surface area contributed by atoms with Gasteiger partial charge >= 0.3 is 0 Å². The highest BCUT2D eigenvalue weighted by atomic mass is 35.5. The molecule has 0 radical (unpaired) electrons. The molecule has 2 heterocycles. The van der Waals surface area contributed by atoms with Gasteiger partial charge < -0.3 is 5.32 Å². The van der Waals surface area contributed by atoms with Gasteiger partial charge in [-0.1, -0.05) is 35.3 Å². The second-order valence-corrected chi connectivity index (χ2v) is 6.58. The van der Waals surface area contributed by atoms with Crippen molar-refractivity contribution in [2.24, 2.45) is 5.10 Å². The minimum Gasteiger partial charge on any atom is -0.369 e. The molecule has 4 rings (SSSR count). The van der Waals surface area contributed by atoms with Crippen LogP contribution < -0.4 is 21.8 Å². The van der Waals surface area contributed by atoms with Gasteiger partial charge in [0.25, 0.3) is 0 Å². The van der Waals surface area contributed by atoms with Crippen molar-refractivity contribution in [2.75, 3.05) is 11.9 Å². The molecular weight excluding hydrogens is 392 g/mol. The van der Waals surface area contributed by atoms with Gasteiger partial charge in [-0.2, -0.15) is 0 Å². The van der Waals surface area contributed by atoms with Crippen LogP contribution in [0.5, 0.6) is 0 Å². The molecule has 1 aromatic heterocycles. The molecule has 0 spiro atoms. The largest absolute Gasteiger partial charge is 0.369 e. The van der Waals surface area contributed by atoms with Gasteiger partial charge in [-0.25, -0.2) is 19.9 Å². The van der Waals surface area contributed by atoms with Gasteiger partial charge in [0.1, 0.15) is 29.3 Å². The lowest BCUT2D eigenvalue weighted by atomic mass is 10.0. The monoisotopic (exact) mass is 405 g/mol. The number of fused-ring (bicyclic) bond motifs is 1. The summed E-state index contributed by atoms with van der Waals surface area (Å²) in [6.07, 6.45) is 1.95. The summed E-state index contributed by atoms with van der Waals surface area (Å²) < 4.78 is 14.4. The van der Waals surface area contributed by atoms with Crippen LogP contribution in [0.1, 0.15) is 6.42 Å². The molecule has 4 N–H and O–H groups in total. The summed E-state index contributed by atoms with van der Waals surface area (Å²) >= 11 is 12.2. The van der Waals surface area contributed by atoms with Crippen LogP contribution in [0.3, 0.4) is 0 Å². The number of aromatic nitrogens is 2. The fraction of sp³-hybridized carbons (Fsp3) is 0.118. The van der Waals surface area contributed by atoms with Crippen molar-refractivity contribution in [3.63, 3.8) is 0 Å². The molecule has 0 saturated carbocycles. The van der Waals surface area contributed by atoms with E-state index in [2.05, 4.69) is 36.9 Å². The van der Waals surface area contributed by atoms with Gasteiger partial charge in [0.2, 0.25) is 0 Å². The maximum absolute atomic E-state index is 14.4. The van der Waals surface area contributed by atoms with Gasteiger partial charge in [0.15, 0.2) is 0 Å². The molecule has 0 unspecified atom stereocenters. The zero-order chi connectivity index (χ0) is 18.8. The van der Waals surface area contributed by atoms with Crippen LogP contribution in [0.2, 0.25) is 10.0 Å². The van der Waals surface area contributed by atoms with Crippen molar-refractivity contribution in [1.29, 1.82) is 0 Å². The quantitative estimate of drug-likeness (QED) is 0.519. The summed E-state index contributed by atoms with van der Waals surface area (Å²) in [5, 5.41) is 8.68. The number of hydrazine groups is 2. The molecule has 138 valence electrons. The number of hydrazone groups is 1. The molecular formula is C17H14Cl2FN7. The number of nitrogens with one attached hydrogen (secondary N) is 4. The number of rotatable bonds is 5. The van der Waals surface area contributed by atoms with E-state index in [4.69, 9.17) is 23.2 Å². The molecule has 7 nitrogen and oxygen atoms in total. The highest BCUT2D eigenvalue weighted by Gasteiger charge is 2.15. The number of benzene rings is 2. The normalized spacial score (nSPS) is 13.2. The summed E-state index contributed by atoms with van der Waals surface area (Å²) in [5.74, 6) is 0.853. The van der Waals surface area contributed by atoms with Gasteiger partial charge in [-0.05, 0) is 29.3 Å². The van der Waals surface area contributed by atoms with E-state index in [1.807, 2.05) is 6.07 Å². The van der Waals surface area contributed by atoms with Crippen molar-refractivity contribution in [2.45, 2.75) is 6.42 Å². The van der Waals surface area contributed by atoms with Crippen LogP contribution in [-0.2, 0) is 0 Å². The van der Waals surface area contributed by atoms with Crippen LogP contribution in [0.4, 0.5) is 10.2 Å². The number of anilines is 1. The summed E-state index contributed by atoms with van der Waals surface area (Å²) in [4.78, 5) is 8.41. The van der Waals surface area contributed by atoms with Crippen LogP contribution in [0, 0.1) is 5.82 Å². The van der Waals surface area contributed by atoms with Crippen LogP contribution in [0.15, 0.2) is 41.8 Å². The predicted molar refractivity (Wildman–Crippen MR) is 105 cm³/mol. The summed E-state index contributed by atoms with van der Waals surface area (Å²) in [6, 6.07) is 8.33. The molecule has 0 saturated heterocycles. The molecule has 0 fully saturated rings. The van der Waals surface area contributed by atoms with E-state index in [0.717, 1.165) is 17.0 Å². The van der Waals surface area contributed by atoms with Crippen molar-refractivity contribution >= 4 is 45.8 Å². The van der Waals surface area contributed by atoms with E-state index in [0.29, 0.717) is 34.2 Å². The second-order valence-electron chi connectivity index (χ2n) is 5.77. The fourth-order valence-corrected chi connectivity index (χ4v) is 3.12. The van der Waals surface area contributed by atoms with Gasteiger partial charge in [-0.3, -0.25) is 5.43 Å². The first kappa shape index (κ1) is 17.7. The summed E-state index contributed by atoms with van der Waals surface area (Å²) in [6.45, 7) is 0.540. The van der Waals surface area contributed by atoms with Crippen LogP contribution in [0.25, 0.3) is 22.0 Å². The Bertz CT molecular complexity index is 1040. The Morgan fingerprint density at radius 3 is 2.74 bits per heavy atom. The Hall–Kier alpha value is -2.68. The lowest BCUT2D eigenvalue weighted by Crippen LogP contribution is -2.35. The lowest BCUT2D eigenvalue weighted by molar-refractivity contribution is 0.576. The van der Waals surface area contributed by atoms with E-state index < -0.39 is 5.82 Å². The molecule has 10 heteroatoms. The van der Waals surface area contributed by atoms with Crippen LogP contribution >= 0.6 is 23.2 Å². The van der Waals surface area contributed by atoms with Gasteiger partial charge in [0, 0.05) is 13.0 Å². The van der Waals surface area contributed by atoms with E-state index in [9.17, 15) is 4.39 Å². The van der Waals surface area contributed by atoms with Crippen LogP contribution in [-0.4, -0.2) is 22.3 Å². The van der Waals surface area contributed by atoms with Crippen molar-refractivity contribution in [3.05, 3.63) is 52.5 Å². The first-order valence-electron chi connectivity index (χ1n) is 8.08. The van der Waals surface area contributed by atoms with E-state index >= 15 is 0 Å². The Labute approximate surface area is 163 Å². The molecule has 0 aliphatic carbocycles. The average Bonchev–Trinajstić information content (AvgIpc) is 3.18. The average molecular weight is 406 g/mol. The predicted octanol–water partition coefficient (Wildman–Crippen LogP) is 3.47. The Balaban J connectivity index is 1.74. The summed E-state index contributed by atoms with van der Waals surface area (Å²) in [7, 11) is 0. The molecule has 27 heavy (non-hydrogen) atoms. The Morgan fingerprint density at radius 2 is 1.96 bits per heavy atom. The van der Waals surface area contributed by atoms with Crippen molar-refractivity contribution < 1.29 is 4.39 Å². The number of halogens is 3. The highest BCUT2D eigenvalue weighted by molar-refractivity contribution is 6.42. The third-order valence-corrected chi connectivity index (χ3v) is 4.82. The Morgan fingerprint density at radius 1 is 1.07 bits per heavy atom. The maximum Gasteiger partial charge on any atom is 0.149 e. The minimum atomic E-state index is -0.422. The molecule has 0 atom stereocenters. The number of hydrogen-bond donors (Lipinski definition) is 4. The maximum atomic E-state index is 14.4. The SMILES string of the molecule is Fc1ccc(-c2ccc(Cl)c(Cl)c2)c2c(NCCC3=NNNN3)ncnc12. The van der Waals surface area contributed by atoms with Crippen molar-refractivity contribution in [1.82, 2.24) is 26.5 Å². The lowest BCUT2D eigenvalue weighted by Gasteiger charge is -2.13. The van der Waals surface area contributed by atoms with E-state index in [-0.39, 0.29) is 5.52 Å². The zero-order valence-corrected chi connectivity index (χ0v) is 15.4. The molecule has 1 aliphatic rings. The summed E-state index contributed by atoms with van der Waals surface area (Å²) in [5.41, 5.74) is 9.92.